The number of benzene rings is 9. The molecule has 0 atom stereocenters. The summed E-state index contributed by atoms with van der Waals surface area (Å²) in [4.78, 5) is 21.5. The molecule has 9 N–H and O–H groups in total. The zero-order valence-electron chi connectivity index (χ0n) is 49.8. The zero-order valence-corrected chi connectivity index (χ0v) is 52.3. The Hall–Kier alpha value is -10.6. The number of hydrogen-bond acceptors (Lipinski definition) is 9. The van der Waals surface area contributed by atoms with Gasteiger partial charge in [-0.2, -0.15) is 52.7 Å². The number of aromatic nitrogens is 6. The summed E-state index contributed by atoms with van der Waals surface area (Å²) in [7, 11) is -11.9. The number of hydrogen-bond donors (Lipinski definition) is 6. The number of imidazole rings is 3. The molecule has 0 aliphatic carbocycles. The molecule has 0 unspecified atom stereocenters. The van der Waals surface area contributed by atoms with Gasteiger partial charge in [-0.25, -0.2) is 64.4 Å². The summed E-state index contributed by atoms with van der Waals surface area (Å²) in [5, 5.41) is 15.9. The first-order chi connectivity index (χ1) is 46.3. The first kappa shape index (κ1) is 71.1. The average Bonchev–Trinajstić information content (AvgIpc) is 1.78. The largest absolute Gasteiger partial charge is 0.416 e. The van der Waals surface area contributed by atoms with Crippen LogP contribution in [0.25, 0.3) is 103 Å². The number of sulfonamides is 3. The van der Waals surface area contributed by atoms with E-state index in [-0.39, 0.29) is 43.5 Å². The van der Waals surface area contributed by atoms with Gasteiger partial charge in [0.2, 0.25) is 30.1 Å². The number of halogens is 14. The highest BCUT2D eigenvalue weighted by Gasteiger charge is 2.38. The molecule has 15 nitrogen and oxygen atoms in total. The molecule has 12 aromatic rings. The lowest BCUT2D eigenvalue weighted by molar-refractivity contribution is -0.143. The Labute approximate surface area is 551 Å². The van der Waals surface area contributed by atoms with Crippen LogP contribution in [-0.4, -0.2) is 55.2 Å². The lowest BCUT2D eigenvalue weighted by atomic mass is 10.0. The number of nitrogens with zero attached hydrogens (tertiary/aromatic N) is 3. The maximum atomic E-state index is 13.8. The molecule has 99 heavy (non-hydrogen) atoms. The predicted molar refractivity (Wildman–Crippen MR) is 345 cm³/mol. The Morgan fingerprint density at radius 3 is 1.05 bits per heavy atom. The van der Waals surface area contributed by atoms with Crippen molar-refractivity contribution in [1.29, 1.82) is 0 Å². The SMILES string of the molecule is NS(=O)(=O)c1ccccc1-c1ccc2nc(/C=C/c3c(F)cccc3F)[nH]c2c1.NS(=O)(=O)c1ccccc1-c1ccc2nc(/C=C/c3cc(C(F)(F)F)cc(C(F)(F)F)c3)[nH]c2c1.NS(=O)(=O)c1ccccc1-c1ccc2nc(/C=C/c3cc(C(F)(F)F)ccc3C(F)(F)F)[nH]c2c1. The van der Waals surface area contributed by atoms with E-state index in [9.17, 15) is 86.7 Å². The fraction of sp³-hybridized carbons (Fsp3) is 0.0597. The molecular weight excluding hydrogens is 1390 g/mol. The fourth-order valence-electron chi connectivity index (χ4n) is 10.1. The number of nitrogens with one attached hydrogen (secondary N) is 3. The number of primary sulfonamides is 3. The van der Waals surface area contributed by atoms with Gasteiger partial charge in [-0.05, 0) is 155 Å². The number of H-pyrrole nitrogens is 3. The van der Waals surface area contributed by atoms with Crippen molar-refractivity contribution in [2.24, 2.45) is 15.4 Å². The van der Waals surface area contributed by atoms with Crippen LogP contribution in [0.1, 0.15) is 56.4 Å². The molecule has 0 saturated carbocycles. The zero-order chi connectivity index (χ0) is 71.8. The van der Waals surface area contributed by atoms with Crippen LogP contribution >= 0.6 is 0 Å². The summed E-state index contributed by atoms with van der Waals surface area (Å²) in [6, 6.07) is 39.4. The van der Waals surface area contributed by atoms with Crippen molar-refractivity contribution in [1.82, 2.24) is 29.9 Å². The van der Waals surface area contributed by atoms with Gasteiger partial charge in [0.05, 0.1) is 70.0 Å². The van der Waals surface area contributed by atoms with Crippen molar-refractivity contribution < 1.29 is 86.7 Å². The highest BCUT2D eigenvalue weighted by Crippen LogP contribution is 2.40. The second kappa shape index (κ2) is 27.3. The van der Waals surface area contributed by atoms with Crippen LogP contribution in [0.3, 0.4) is 0 Å². The highest BCUT2D eigenvalue weighted by molar-refractivity contribution is 7.89. The van der Waals surface area contributed by atoms with Gasteiger partial charge in [0.25, 0.3) is 0 Å². The first-order valence-electron chi connectivity index (χ1n) is 28.2. The van der Waals surface area contributed by atoms with Gasteiger partial charge in [0.1, 0.15) is 29.1 Å². The van der Waals surface area contributed by atoms with Crippen molar-refractivity contribution in [3.05, 3.63) is 250 Å². The molecule has 0 aliphatic heterocycles. The maximum Gasteiger partial charge on any atom is 0.416 e. The molecule has 0 spiro atoms. The Morgan fingerprint density at radius 1 is 0.343 bits per heavy atom. The molecule has 32 heteroatoms. The van der Waals surface area contributed by atoms with Crippen molar-refractivity contribution in [2.45, 2.75) is 39.4 Å². The van der Waals surface area contributed by atoms with Crippen LogP contribution in [-0.2, 0) is 54.8 Å². The van der Waals surface area contributed by atoms with E-state index in [1.54, 1.807) is 97.1 Å². The number of fused-ring (bicyclic) bond motifs is 3. The molecule has 3 heterocycles. The van der Waals surface area contributed by atoms with E-state index >= 15 is 0 Å². The molecule has 0 bridgehead atoms. The van der Waals surface area contributed by atoms with E-state index in [1.807, 2.05) is 0 Å². The Bertz CT molecular complexity index is 5500. The normalized spacial score (nSPS) is 12.8. The summed E-state index contributed by atoms with van der Waals surface area (Å²) >= 11 is 0. The molecule has 12 rings (SSSR count). The molecule has 0 radical (unpaired) electrons. The van der Waals surface area contributed by atoms with Crippen molar-refractivity contribution in [2.75, 3.05) is 0 Å². The van der Waals surface area contributed by atoms with Crippen molar-refractivity contribution in [3.8, 4) is 33.4 Å². The minimum Gasteiger partial charge on any atom is -0.338 e. The summed E-state index contributed by atoms with van der Waals surface area (Å²) in [6.07, 6.45) is -12.4. The molecule has 0 amide bonds. The van der Waals surface area contributed by atoms with E-state index in [1.165, 1.54) is 66.8 Å². The van der Waals surface area contributed by atoms with Crippen molar-refractivity contribution in [3.63, 3.8) is 0 Å². The van der Waals surface area contributed by atoms with E-state index in [4.69, 9.17) is 15.4 Å². The summed E-state index contributed by atoms with van der Waals surface area (Å²) in [5.74, 6) is -0.677. The van der Waals surface area contributed by atoms with E-state index < -0.39 is 94.2 Å². The summed E-state index contributed by atoms with van der Waals surface area (Å²) in [6.45, 7) is 0. The number of nitrogens with two attached hydrogens (primary N) is 3. The molecule has 0 fully saturated rings. The molecule has 3 aromatic heterocycles. The topological polar surface area (TPSA) is 267 Å². The highest BCUT2D eigenvalue weighted by atomic mass is 32.2. The predicted octanol–water partition coefficient (Wildman–Crippen LogP) is 16.5. The van der Waals surface area contributed by atoms with Gasteiger partial charge >= 0.3 is 24.7 Å². The second-order valence-corrected chi connectivity index (χ2v) is 26.0. The van der Waals surface area contributed by atoms with Gasteiger partial charge < -0.3 is 15.0 Å². The standard InChI is InChI=1S/2C23H15F6N3O2S.C21H15F2N3O2S/c24-22(25,26)15-7-8-17(23(27,28)29)14(11-15)6-10-21-31-18-9-5-13(12-19(18)32-21)16-3-1-2-4-20(16)35(30,33)34;24-22(25,26)15-9-13(10-16(12-15)23(27,28)29)5-8-21-31-18-7-6-14(11-19(18)32-21)17-3-1-2-4-20(17)35(30,33)34;22-16-5-3-6-17(23)15(16)9-11-21-25-18-10-8-13(12-19(18)26-21)14-4-1-2-7-20(14)29(24,27)28/h2*1-12H,(H,31,32)(H2,30,33,34);1-12H,(H,25,26)(H2,24,27,28)/b10-6+;8-5+;11-9+. The number of alkyl halides is 12. The van der Waals surface area contributed by atoms with Gasteiger partial charge in [-0.15, -0.1) is 0 Å². The molecule has 510 valence electrons. The number of rotatable bonds is 12. The van der Waals surface area contributed by atoms with E-state index in [0.29, 0.717) is 103 Å². The smallest absolute Gasteiger partial charge is 0.338 e. The molecule has 0 aliphatic rings. The third-order valence-corrected chi connectivity index (χ3v) is 17.5. The van der Waals surface area contributed by atoms with Crippen LogP contribution in [0.5, 0.6) is 0 Å². The minimum atomic E-state index is -4.95. The minimum absolute atomic E-state index is 0.0222. The maximum absolute atomic E-state index is 13.8. The lowest BCUT2D eigenvalue weighted by Crippen LogP contribution is -2.13. The molecule has 0 saturated heterocycles. The lowest BCUT2D eigenvalue weighted by Gasteiger charge is -2.13. The second-order valence-electron chi connectivity index (χ2n) is 21.5. The van der Waals surface area contributed by atoms with Crippen LogP contribution in [0.4, 0.5) is 61.5 Å². The Morgan fingerprint density at radius 2 is 0.697 bits per heavy atom. The Balaban J connectivity index is 0.000000161. The quantitative estimate of drug-likeness (QED) is 0.0634. The van der Waals surface area contributed by atoms with Gasteiger partial charge in [0.15, 0.2) is 0 Å². The van der Waals surface area contributed by atoms with E-state index in [0.717, 1.165) is 18.2 Å². The monoisotopic (exact) mass is 1430 g/mol. The summed E-state index contributed by atoms with van der Waals surface area (Å²) in [5.41, 5.74) is -0.628. The summed E-state index contributed by atoms with van der Waals surface area (Å²) < 4.78 is 256. The van der Waals surface area contributed by atoms with Gasteiger partial charge in [0, 0.05) is 22.3 Å². The third-order valence-electron chi connectivity index (χ3n) is 14.6. The number of aromatic amines is 3. The van der Waals surface area contributed by atoms with Crippen LogP contribution in [0.2, 0.25) is 0 Å². The molecular formula is C67H45F14N9O6S3. The Kier molecular flexibility index (Phi) is 19.6. The van der Waals surface area contributed by atoms with E-state index in [2.05, 4.69) is 29.9 Å². The first-order valence-corrected chi connectivity index (χ1v) is 32.8. The fourth-order valence-corrected chi connectivity index (χ4v) is 12.4. The van der Waals surface area contributed by atoms with Gasteiger partial charge in [-0.1, -0.05) is 91.0 Å². The van der Waals surface area contributed by atoms with Crippen LogP contribution < -0.4 is 15.4 Å². The van der Waals surface area contributed by atoms with Gasteiger partial charge in [-0.3, -0.25) is 0 Å². The van der Waals surface area contributed by atoms with Crippen molar-refractivity contribution >= 4 is 99.6 Å². The third kappa shape index (κ3) is 17.0. The average molecular weight is 1430 g/mol. The molecule has 9 aromatic carbocycles. The van der Waals surface area contributed by atoms with Crippen LogP contribution in [0.15, 0.2) is 197 Å². The van der Waals surface area contributed by atoms with Crippen LogP contribution in [0, 0.1) is 11.6 Å².